The summed E-state index contributed by atoms with van der Waals surface area (Å²) in [5, 5.41) is 10.1. The lowest BCUT2D eigenvalue weighted by molar-refractivity contribution is -0.146. The van der Waals surface area contributed by atoms with Crippen LogP contribution in [0.15, 0.2) is 48.5 Å². The van der Waals surface area contributed by atoms with Gasteiger partial charge >= 0.3 is 11.8 Å². The second kappa shape index (κ2) is 7.99. The van der Waals surface area contributed by atoms with E-state index in [2.05, 4.69) is 4.90 Å². The molecular weight excluding hydrogens is 346 g/mol. The molecule has 0 bridgehead atoms. The number of nitrogens with zero attached hydrogens (tertiary/aromatic N) is 2. The van der Waals surface area contributed by atoms with E-state index >= 15 is 0 Å². The Balaban J connectivity index is 1.83. The molecule has 2 aromatic rings. The molecule has 1 aliphatic rings. The zero-order valence-electron chi connectivity index (χ0n) is 15.2. The summed E-state index contributed by atoms with van der Waals surface area (Å²) in [7, 11) is 1.50. The van der Waals surface area contributed by atoms with Crippen molar-refractivity contribution in [1.29, 1.82) is 0 Å². The van der Waals surface area contributed by atoms with Crippen LogP contribution < -0.4 is 15.4 Å². The van der Waals surface area contributed by atoms with Crippen LogP contribution >= 0.6 is 0 Å². The molecule has 0 aromatic heterocycles. The van der Waals surface area contributed by atoms with E-state index < -0.39 is 11.8 Å². The number of ether oxygens (including phenoxy) is 1. The smallest absolute Gasteiger partial charge is 0.312 e. The van der Waals surface area contributed by atoms with Gasteiger partial charge < -0.3 is 25.4 Å². The summed E-state index contributed by atoms with van der Waals surface area (Å²) in [5.41, 5.74) is 7.13. The van der Waals surface area contributed by atoms with Gasteiger partial charge in [0.15, 0.2) is 11.5 Å². The van der Waals surface area contributed by atoms with Gasteiger partial charge in [-0.3, -0.25) is 9.59 Å². The van der Waals surface area contributed by atoms with E-state index in [-0.39, 0.29) is 11.8 Å². The number of phenolic OH excluding ortho intramolecular Hbond substituents is 1. The predicted molar refractivity (Wildman–Crippen MR) is 102 cm³/mol. The second-order valence-corrected chi connectivity index (χ2v) is 6.51. The number of primary amides is 1. The molecule has 7 nitrogen and oxygen atoms in total. The van der Waals surface area contributed by atoms with Gasteiger partial charge in [0, 0.05) is 31.4 Å². The number of piperazine rings is 1. The van der Waals surface area contributed by atoms with Gasteiger partial charge in [-0.05, 0) is 24.1 Å². The summed E-state index contributed by atoms with van der Waals surface area (Å²) >= 11 is 0. The first-order valence-corrected chi connectivity index (χ1v) is 8.76. The van der Waals surface area contributed by atoms with E-state index in [0.717, 1.165) is 11.3 Å². The van der Waals surface area contributed by atoms with E-state index in [9.17, 15) is 14.7 Å². The molecule has 1 heterocycles. The molecule has 0 unspecified atom stereocenters. The lowest BCUT2D eigenvalue weighted by Gasteiger charge is -2.42. The van der Waals surface area contributed by atoms with Gasteiger partial charge in [0.25, 0.3) is 0 Å². The van der Waals surface area contributed by atoms with Crippen molar-refractivity contribution < 1.29 is 19.4 Å². The second-order valence-electron chi connectivity index (χ2n) is 6.51. The molecule has 2 amide bonds. The van der Waals surface area contributed by atoms with Crippen LogP contribution in [-0.2, 0) is 16.0 Å². The highest BCUT2D eigenvalue weighted by Crippen LogP contribution is 2.31. The summed E-state index contributed by atoms with van der Waals surface area (Å²) in [5.74, 6) is -1.14. The number of hydrogen-bond donors (Lipinski definition) is 2. The summed E-state index contributed by atoms with van der Waals surface area (Å²) in [6, 6.07) is 14.8. The van der Waals surface area contributed by atoms with Gasteiger partial charge in [-0.25, -0.2) is 0 Å². The molecule has 0 spiro atoms. The molecule has 0 aliphatic carbocycles. The van der Waals surface area contributed by atoms with Crippen molar-refractivity contribution in [1.82, 2.24) is 4.90 Å². The average Bonchev–Trinajstić information content (AvgIpc) is 2.68. The standard InChI is InChI=1S/C20H23N3O4/c1-27-18-8-7-15(12-17(18)24)22-9-10-23(20(26)19(21)25)16(13-22)11-14-5-3-2-4-6-14/h2-8,12,16,24H,9-11,13H2,1H3,(H2,21,25)/t16-/m0/s1. The highest BCUT2D eigenvalue weighted by molar-refractivity contribution is 6.34. The van der Waals surface area contributed by atoms with Crippen molar-refractivity contribution >= 4 is 17.5 Å². The first kappa shape index (κ1) is 18.6. The molecule has 1 aliphatic heterocycles. The molecule has 1 saturated heterocycles. The Hall–Kier alpha value is -3.22. The summed E-state index contributed by atoms with van der Waals surface area (Å²) in [4.78, 5) is 27.3. The van der Waals surface area contributed by atoms with Gasteiger partial charge in [0.1, 0.15) is 0 Å². The minimum Gasteiger partial charge on any atom is -0.504 e. The van der Waals surface area contributed by atoms with Crippen molar-refractivity contribution in [3.05, 3.63) is 54.1 Å². The Kier molecular flexibility index (Phi) is 5.49. The predicted octanol–water partition coefficient (Wildman–Crippen LogP) is 1.15. The summed E-state index contributed by atoms with van der Waals surface area (Å²) < 4.78 is 5.09. The number of hydrogen-bond acceptors (Lipinski definition) is 5. The van der Waals surface area contributed by atoms with Crippen molar-refractivity contribution in [2.75, 3.05) is 31.6 Å². The fourth-order valence-electron chi connectivity index (χ4n) is 3.43. The zero-order valence-corrected chi connectivity index (χ0v) is 15.2. The van der Waals surface area contributed by atoms with Crippen molar-refractivity contribution in [3.63, 3.8) is 0 Å². The Bertz CT molecular complexity index is 825. The van der Waals surface area contributed by atoms with Crippen LogP contribution in [0.25, 0.3) is 0 Å². The number of phenols is 1. The van der Waals surface area contributed by atoms with Crippen molar-refractivity contribution in [2.45, 2.75) is 12.5 Å². The van der Waals surface area contributed by atoms with Gasteiger partial charge in [-0.2, -0.15) is 0 Å². The highest BCUT2D eigenvalue weighted by Gasteiger charge is 2.33. The van der Waals surface area contributed by atoms with Crippen LogP contribution in [-0.4, -0.2) is 54.6 Å². The van der Waals surface area contributed by atoms with Gasteiger partial charge in [-0.1, -0.05) is 30.3 Å². The van der Waals surface area contributed by atoms with E-state index in [0.29, 0.717) is 31.8 Å². The lowest BCUT2D eigenvalue weighted by atomic mass is 10.0. The van der Waals surface area contributed by atoms with Crippen LogP contribution in [0.4, 0.5) is 5.69 Å². The lowest BCUT2D eigenvalue weighted by Crippen LogP contribution is -2.58. The first-order valence-electron chi connectivity index (χ1n) is 8.76. The Morgan fingerprint density at radius 1 is 1.19 bits per heavy atom. The largest absolute Gasteiger partial charge is 0.504 e. The Morgan fingerprint density at radius 2 is 1.93 bits per heavy atom. The Morgan fingerprint density at radius 3 is 2.56 bits per heavy atom. The highest BCUT2D eigenvalue weighted by atomic mass is 16.5. The molecule has 142 valence electrons. The summed E-state index contributed by atoms with van der Waals surface area (Å²) in [6.45, 7) is 1.45. The number of amides is 2. The Labute approximate surface area is 157 Å². The van der Waals surface area contributed by atoms with Crippen molar-refractivity contribution in [2.24, 2.45) is 5.73 Å². The average molecular weight is 369 g/mol. The maximum atomic E-state index is 12.3. The van der Waals surface area contributed by atoms with E-state index in [1.165, 1.54) is 7.11 Å². The third kappa shape index (κ3) is 4.13. The number of methoxy groups -OCH3 is 1. The fourth-order valence-corrected chi connectivity index (χ4v) is 3.43. The molecule has 0 saturated carbocycles. The van der Waals surface area contributed by atoms with Gasteiger partial charge in [0.2, 0.25) is 0 Å². The maximum Gasteiger partial charge on any atom is 0.312 e. The topological polar surface area (TPSA) is 96.1 Å². The van der Waals surface area contributed by atoms with Crippen molar-refractivity contribution in [3.8, 4) is 11.5 Å². The van der Waals surface area contributed by atoms with Gasteiger partial charge in [-0.15, -0.1) is 0 Å². The van der Waals surface area contributed by atoms with E-state index in [1.807, 2.05) is 36.4 Å². The molecule has 1 fully saturated rings. The maximum absolute atomic E-state index is 12.3. The molecule has 7 heteroatoms. The van der Waals surface area contributed by atoms with Gasteiger partial charge in [0.05, 0.1) is 13.2 Å². The van der Waals surface area contributed by atoms with E-state index in [1.54, 1.807) is 17.0 Å². The quantitative estimate of drug-likeness (QED) is 0.788. The number of aromatic hydroxyl groups is 1. The normalized spacial score (nSPS) is 16.9. The molecular formula is C20H23N3O4. The number of benzene rings is 2. The van der Waals surface area contributed by atoms with Crippen LogP contribution in [0.2, 0.25) is 0 Å². The SMILES string of the molecule is COc1ccc(N2CCN(C(=O)C(N)=O)[C@@H](Cc3ccccc3)C2)cc1O. The molecule has 27 heavy (non-hydrogen) atoms. The number of anilines is 1. The number of nitrogens with two attached hydrogens (primary N) is 1. The minimum absolute atomic E-state index is 0.0604. The monoisotopic (exact) mass is 369 g/mol. The van der Waals surface area contributed by atoms with Crippen LogP contribution in [0.5, 0.6) is 11.5 Å². The molecule has 3 rings (SSSR count). The minimum atomic E-state index is -0.941. The molecule has 2 aromatic carbocycles. The number of rotatable bonds is 4. The fraction of sp³-hybridized carbons (Fsp3) is 0.300. The molecule has 3 N–H and O–H groups in total. The number of carbonyl (C=O) groups excluding carboxylic acids is 2. The van der Waals surface area contributed by atoms with Crippen LogP contribution in [0.1, 0.15) is 5.56 Å². The zero-order chi connectivity index (χ0) is 19.4. The first-order chi connectivity index (χ1) is 13.0. The summed E-state index contributed by atoms with van der Waals surface area (Å²) in [6.07, 6.45) is 0.610. The van der Waals surface area contributed by atoms with E-state index in [4.69, 9.17) is 10.5 Å². The third-order valence-corrected chi connectivity index (χ3v) is 4.80. The molecule has 1 atom stereocenters. The van der Waals surface area contributed by atoms with Crippen LogP contribution in [0, 0.1) is 0 Å². The van der Waals surface area contributed by atoms with Crippen LogP contribution in [0.3, 0.4) is 0 Å². The molecule has 0 radical (unpaired) electrons. The number of carbonyl (C=O) groups is 2. The third-order valence-electron chi connectivity index (χ3n) is 4.80.